The number of benzene rings is 2. The van der Waals surface area contributed by atoms with Gasteiger partial charge in [-0.3, -0.25) is 4.79 Å². The van der Waals surface area contributed by atoms with Gasteiger partial charge in [-0.2, -0.15) is 0 Å². The molecule has 0 saturated carbocycles. The van der Waals surface area contributed by atoms with E-state index in [2.05, 4.69) is 24.3 Å². The van der Waals surface area contributed by atoms with Crippen molar-refractivity contribution in [1.82, 2.24) is 4.90 Å². The highest BCUT2D eigenvalue weighted by Gasteiger charge is 2.32. The maximum absolute atomic E-state index is 12.5. The Balaban J connectivity index is 1.54. The number of rotatable bonds is 5. The van der Waals surface area contributed by atoms with Crippen molar-refractivity contribution in [1.29, 1.82) is 0 Å². The Kier molecular flexibility index (Phi) is 4.42. The molecule has 114 valence electrons. The van der Waals surface area contributed by atoms with Crippen LogP contribution >= 0.6 is 0 Å². The highest BCUT2D eigenvalue weighted by atomic mass is 16.3. The fourth-order valence-electron chi connectivity index (χ4n) is 3.10. The van der Waals surface area contributed by atoms with Crippen molar-refractivity contribution in [2.75, 3.05) is 13.1 Å². The molecule has 1 saturated heterocycles. The molecule has 3 rings (SSSR count). The minimum Gasteiger partial charge on any atom is -0.508 e. The van der Waals surface area contributed by atoms with Crippen molar-refractivity contribution in [3.8, 4) is 5.75 Å². The third-order valence-electron chi connectivity index (χ3n) is 4.33. The second-order valence-corrected chi connectivity index (χ2v) is 5.85. The number of phenols is 1. The molecule has 1 atom stereocenters. The van der Waals surface area contributed by atoms with Crippen LogP contribution in [-0.4, -0.2) is 29.0 Å². The van der Waals surface area contributed by atoms with Crippen molar-refractivity contribution in [3.05, 3.63) is 65.7 Å². The lowest BCUT2D eigenvalue weighted by Gasteiger charge is -2.17. The number of hydrogen-bond donors (Lipinski definition) is 1. The zero-order chi connectivity index (χ0) is 15.4. The summed E-state index contributed by atoms with van der Waals surface area (Å²) in [6.07, 6.45) is 2.88. The van der Waals surface area contributed by atoms with E-state index in [4.69, 9.17) is 0 Å². The molecule has 1 heterocycles. The van der Waals surface area contributed by atoms with Crippen LogP contribution in [0.15, 0.2) is 54.6 Å². The third-order valence-corrected chi connectivity index (χ3v) is 4.33. The van der Waals surface area contributed by atoms with Crippen molar-refractivity contribution < 1.29 is 9.90 Å². The van der Waals surface area contributed by atoms with Gasteiger partial charge in [0.25, 0.3) is 0 Å². The van der Waals surface area contributed by atoms with E-state index in [0.717, 1.165) is 37.9 Å². The molecule has 1 aliphatic rings. The maximum Gasteiger partial charge on any atom is 0.230 e. The van der Waals surface area contributed by atoms with Crippen molar-refractivity contribution in [2.24, 2.45) is 0 Å². The maximum atomic E-state index is 12.5. The predicted octanol–water partition coefficient (Wildman–Crippen LogP) is 3.34. The molecule has 0 aliphatic carbocycles. The summed E-state index contributed by atoms with van der Waals surface area (Å²) in [5.74, 6) is 0.421. The molecule has 3 heteroatoms. The average Bonchev–Trinajstić information content (AvgIpc) is 2.90. The largest absolute Gasteiger partial charge is 0.508 e. The van der Waals surface area contributed by atoms with Crippen LogP contribution in [0.4, 0.5) is 0 Å². The number of amides is 1. The van der Waals surface area contributed by atoms with Gasteiger partial charge in [0.2, 0.25) is 5.91 Å². The number of likely N-dealkylation sites (tertiary alicyclic amines) is 1. The lowest BCUT2D eigenvalue weighted by atomic mass is 9.98. The van der Waals surface area contributed by atoms with Gasteiger partial charge in [-0.25, -0.2) is 0 Å². The Morgan fingerprint density at radius 2 is 1.77 bits per heavy atom. The van der Waals surface area contributed by atoms with Gasteiger partial charge in [0.1, 0.15) is 5.75 Å². The zero-order valence-electron chi connectivity index (χ0n) is 12.6. The first kappa shape index (κ1) is 14.6. The number of carbonyl (C=O) groups excluding carboxylic acids is 1. The van der Waals surface area contributed by atoms with E-state index in [1.807, 2.05) is 23.1 Å². The van der Waals surface area contributed by atoms with Gasteiger partial charge in [0, 0.05) is 13.1 Å². The Hall–Kier alpha value is -2.29. The summed E-state index contributed by atoms with van der Waals surface area (Å²) in [4.78, 5) is 14.5. The molecule has 1 unspecified atom stereocenters. The summed E-state index contributed by atoms with van der Waals surface area (Å²) in [6, 6.07) is 17.4. The molecule has 2 aromatic carbocycles. The fourth-order valence-corrected chi connectivity index (χ4v) is 3.10. The molecular weight excluding hydrogens is 274 g/mol. The van der Waals surface area contributed by atoms with Crippen LogP contribution in [0.3, 0.4) is 0 Å². The first-order valence-electron chi connectivity index (χ1n) is 7.85. The molecule has 22 heavy (non-hydrogen) atoms. The van der Waals surface area contributed by atoms with Crippen molar-refractivity contribution in [3.63, 3.8) is 0 Å². The molecule has 2 aromatic rings. The molecule has 0 spiro atoms. The fraction of sp³-hybridized carbons (Fsp3) is 0.316. The summed E-state index contributed by atoms with van der Waals surface area (Å²) in [5.41, 5.74) is 2.33. The second-order valence-electron chi connectivity index (χ2n) is 5.85. The van der Waals surface area contributed by atoms with E-state index in [9.17, 15) is 9.90 Å². The van der Waals surface area contributed by atoms with Crippen LogP contribution in [0.5, 0.6) is 5.75 Å². The second kappa shape index (κ2) is 6.65. The molecular formula is C19H21NO2. The van der Waals surface area contributed by atoms with Crippen LogP contribution in [-0.2, 0) is 11.2 Å². The number of hydrogen-bond acceptors (Lipinski definition) is 2. The molecule has 1 fully saturated rings. The molecule has 1 aliphatic heterocycles. The van der Waals surface area contributed by atoms with Gasteiger partial charge < -0.3 is 10.0 Å². The summed E-state index contributed by atoms with van der Waals surface area (Å²) in [6.45, 7) is 1.65. The summed E-state index contributed by atoms with van der Waals surface area (Å²) in [5, 5.41) is 9.35. The molecule has 0 bridgehead atoms. The first-order valence-corrected chi connectivity index (χ1v) is 7.85. The topological polar surface area (TPSA) is 40.5 Å². The number of aromatic hydroxyl groups is 1. The van der Waals surface area contributed by atoms with Crippen LogP contribution in [0.2, 0.25) is 0 Å². The molecule has 1 N–H and O–H groups in total. The lowest BCUT2D eigenvalue weighted by Crippen LogP contribution is -2.28. The Labute approximate surface area is 131 Å². The van der Waals surface area contributed by atoms with Gasteiger partial charge in [0.15, 0.2) is 0 Å². The van der Waals surface area contributed by atoms with Crippen LogP contribution in [0, 0.1) is 0 Å². The minimum absolute atomic E-state index is 0.0441. The smallest absolute Gasteiger partial charge is 0.230 e. The first-order chi connectivity index (χ1) is 10.7. The molecule has 1 amide bonds. The SMILES string of the molecule is O=C1C(c2ccc(O)cc2)CCN1CCCc1ccccc1. The number of carbonyl (C=O) groups is 1. The van der Waals surface area contributed by atoms with E-state index >= 15 is 0 Å². The van der Waals surface area contributed by atoms with E-state index < -0.39 is 0 Å². The zero-order valence-corrected chi connectivity index (χ0v) is 12.6. The van der Waals surface area contributed by atoms with Crippen LogP contribution in [0.1, 0.15) is 29.9 Å². The summed E-state index contributed by atoms with van der Waals surface area (Å²) >= 11 is 0. The van der Waals surface area contributed by atoms with E-state index in [-0.39, 0.29) is 17.6 Å². The average molecular weight is 295 g/mol. The van der Waals surface area contributed by atoms with Gasteiger partial charge in [0.05, 0.1) is 5.92 Å². The van der Waals surface area contributed by atoms with Gasteiger partial charge in [-0.15, -0.1) is 0 Å². The Bertz CT molecular complexity index is 622. The van der Waals surface area contributed by atoms with Gasteiger partial charge >= 0.3 is 0 Å². The molecule has 0 radical (unpaired) electrons. The Morgan fingerprint density at radius 1 is 1.05 bits per heavy atom. The summed E-state index contributed by atoms with van der Waals surface area (Å²) < 4.78 is 0. The van der Waals surface area contributed by atoms with Crippen molar-refractivity contribution >= 4 is 5.91 Å². The molecule has 3 nitrogen and oxygen atoms in total. The Morgan fingerprint density at radius 3 is 2.50 bits per heavy atom. The third kappa shape index (κ3) is 3.30. The molecule has 0 aromatic heterocycles. The predicted molar refractivity (Wildman–Crippen MR) is 86.8 cm³/mol. The van der Waals surface area contributed by atoms with Crippen molar-refractivity contribution in [2.45, 2.75) is 25.2 Å². The number of phenolic OH excluding ortho intramolecular Hbond substituents is 1. The summed E-state index contributed by atoms with van der Waals surface area (Å²) in [7, 11) is 0. The minimum atomic E-state index is -0.0441. The van der Waals surface area contributed by atoms with E-state index in [1.165, 1.54) is 5.56 Å². The van der Waals surface area contributed by atoms with E-state index in [1.54, 1.807) is 12.1 Å². The standard InChI is InChI=1S/C19H21NO2/c21-17-10-8-16(9-11-17)18-12-14-20(19(18)22)13-4-7-15-5-2-1-3-6-15/h1-3,5-6,8-11,18,21H,4,7,12-14H2. The van der Waals surface area contributed by atoms with Crippen LogP contribution < -0.4 is 0 Å². The number of nitrogens with zero attached hydrogens (tertiary/aromatic N) is 1. The highest BCUT2D eigenvalue weighted by molar-refractivity contribution is 5.85. The van der Waals surface area contributed by atoms with Crippen LogP contribution in [0.25, 0.3) is 0 Å². The lowest BCUT2D eigenvalue weighted by molar-refractivity contribution is -0.129. The monoisotopic (exact) mass is 295 g/mol. The van der Waals surface area contributed by atoms with Gasteiger partial charge in [-0.1, -0.05) is 42.5 Å². The normalized spacial score (nSPS) is 17.9. The number of aryl methyl sites for hydroxylation is 1. The quantitative estimate of drug-likeness (QED) is 0.919. The van der Waals surface area contributed by atoms with E-state index in [0.29, 0.717) is 0 Å². The highest BCUT2D eigenvalue weighted by Crippen LogP contribution is 2.29. The van der Waals surface area contributed by atoms with Gasteiger partial charge in [-0.05, 0) is 42.5 Å².